The van der Waals surface area contributed by atoms with Gasteiger partial charge in [0, 0.05) is 18.6 Å². The van der Waals surface area contributed by atoms with Gasteiger partial charge in [-0.1, -0.05) is 17.7 Å². The Labute approximate surface area is 220 Å². The Morgan fingerprint density at radius 2 is 1.89 bits per heavy atom. The van der Waals surface area contributed by atoms with Gasteiger partial charge in [-0.25, -0.2) is 17.8 Å². The van der Waals surface area contributed by atoms with Crippen molar-refractivity contribution in [2.75, 3.05) is 30.2 Å². The number of nitrogens with zero attached hydrogens (tertiary/aromatic N) is 2. The van der Waals surface area contributed by atoms with E-state index in [0.717, 1.165) is 18.2 Å². The summed E-state index contributed by atoms with van der Waals surface area (Å²) in [6.07, 6.45) is -4.65. The van der Waals surface area contributed by atoms with Crippen LogP contribution in [0.2, 0.25) is 5.02 Å². The first-order valence-corrected chi connectivity index (χ1v) is 13.0. The largest absolute Gasteiger partial charge is 0.483 e. The molecule has 0 radical (unpaired) electrons. The maximum atomic E-state index is 14.9. The number of aromatic nitrogens is 1. The van der Waals surface area contributed by atoms with Crippen molar-refractivity contribution >= 4 is 39.6 Å². The first kappa shape index (κ1) is 31.5. The van der Waals surface area contributed by atoms with E-state index in [1.54, 1.807) is 11.9 Å². The fourth-order valence-electron chi connectivity index (χ4n) is 4.13. The Hall–Kier alpha value is -2.75. The van der Waals surface area contributed by atoms with E-state index in [9.17, 15) is 35.5 Å². The third kappa shape index (κ3) is 8.38. The van der Waals surface area contributed by atoms with Crippen molar-refractivity contribution in [3.05, 3.63) is 47.1 Å². The number of benzene rings is 1. The number of pyridine rings is 1. The SMILES string of the molecule is CN(CCO)[C@H]1C[C@@H](C(F)(F)F)CC[C@@H]1Nc1cc(F)c(S(=O)(=O)Nc2cccc(F)n2)cc1Cl.O=CO. The van der Waals surface area contributed by atoms with Gasteiger partial charge in [-0.2, -0.15) is 17.6 Å². The molecule has 38 heavy (non-hydrogen) atoms. The lowest BCUT2D eigenvalue weighted by molar-refractivity contribution is -0.187. The maximum Gasteiger partial charge on any atom is 0.391 e. The zero-order valence-electron chi connectivity index (χ0n) is 19.9. The average Bonchev–Trinajstić information content (AvgIpc) is 2.81. The van der Waals surface area contributed by atoms with Gasteiger partial charge in [-0.3, -0.25) is 14.4 Å². The first-order valence-electron chi connectivity index (χ1n) is 11.1. The summed E-state index contributed by atoms with van der Waals surface area (Å²) in [5.74, 6) is -4.00. The highest BCUT2D eigenvalue weighted by molar-refractivity contribution is 7.92. The second-order valence-corrected chi connectivity index (χ2v) is 10.5. The van der Waals surface area contributed by atoms with Crippen molar-refractivity contribution in [1.29, 1.82) is 0 Å². The molecule has 0 bridgehead atoms. The number of hydrogen-bond donors (Lipinski definition) is 4. The summed E-state index contributed by atoms with van der Waals surface area (Å²) in [6.45, 7) is -0.377. The molecule has 0 aliphatic heterocycles. The van der Waals surface area contributed by atoms with E-state index in [1.807, 2.05) is 4.72 Å². The lowest BCUT2D eigenvalue weighted by Gasteiger charge is -2.42. The van der Waals surface area contributed by atoms with Gasteiger partial charge in [-0.05, 0) is 50.6 Å². The van der Waals surface area contributed by atoms with Crippen LogP contribution in [0.15, 0.2) is 35.2 Å². The molecule has 1 aliphatic rings. The van der Waals surface area contributed by atoms with Crippen LogP contribution in [0.4, 0.5) is 33.5 Å². The van der Waals surface area contributed by atoms with E-state index in [1.165, 1.54) is 12.1 Å². The summed E-state index contributed by atoms with van der Waals surface area (Å²) in [5.41, 5.74) is 0.00449. The van der Waals surface area contributed by atoms with E-state index in [-0.39, 0.29) is 55.4 Å². The molecule has 9 nitrogen and oxygen atoms in total. The molecule has 1 heterocycles. The van der Waals surface area contributed by atoms with Gasteiger partial charge < -0.3 is 15.5 Å². The summed E-state index contributed by atoms with van der Waals surface area (Å²) >= 11 is 6.21. The average molecular weight is 589 g/mol. The van der Waals surface area contributed by atoms with Crippen LogP contribution in [0, 0.1) is 17.7 Å². The quantitative estimate of drug-likeness (QED) is 0.207. The van der Waals surface area contributed by atoms with Gasteiger partial charge in [0.25, 0.3) is 16.5 Å². The highest BCUT2D eigenvalue weighted by atomic mass is 35.5. The number of sulfonamides is 1. The Kier molecular flexibility index (Phi) is 11.1. The van der Waals surface area contributed by atoms with Gasteiger partial charge in [0.1, 0.15) is 16.5 Å². The number of hydrogen-bond acceptors (Lipinski definition) is 7. The summed E-state index contributed by atoms with van der Waals surface area (Å²) in [7, 11) is -2.93. The molecule has 0 spiro atoms. The fraction of sp³-hybridized carbons (Fsp3) is 0.455. The van der Waals surface area contributed by atoms with Crippen molar-refractivity contribution in [3.63, 3.8) is 0 Å². The molecule has 212 valence electrons. The monoisotopic (exact) mass is 588 g/mol. The molecule has 1 saturated carbocycles. The third-order valence-corrected chi connectivity index (χ3v) is 7.59. The van der Waals surface area contributed by atoms with Gasteiger partial charge in [0.2, 0.25) is 5.95 Å². The third-order valence-electron chi connectivity index (χ3n) is 5.90. The summed E-state index contributed by atoms with van der Waals surface area (Å²) in [4.78, 5) is 12.5. The van der Waals surface area contributed by atoms with Gasteiger partial charge in [0.05, 0.1) is 23.2 Å². The van der Waals surface area contributed by atoms with Crippen LogP contribution in [0.5, 0.6) is 0 Å². The Bertz CT molecular complexity index is 1210. The minimum Gasteiger partial charge on any atom is -0.483 e. The van der Waals surface area contributed by atoms with Crippen molar-refractivity contribution in [2.45, 2.75) is 42.4 Å². The lowest BCUT2D eigenvalue weighted by atomic mass is 9.81. The number of carboxylic acid groups (broad SMARTS) is 1. The highest BCUT2D eigenvalue weighted by Gasteiger charge is 2.46. The second kappa shape index (κ2) is 13.4. The molecule has 1 aromatic carbocycles. The van der Waals surface area contributed by atoms with E-state index in [4.69, 9.17) is 21.5 Å². The number of aliphatic hydroxyl groups excluding tert-OH is 1. The highest BCUT2D eigenvalue weighted by Crippen LogP contribution is 2.40. The number of halogens is 6. The molecule has 2 aromatic rings. The predicted octanol–water partition coefficient (Wildman–Crippen LogP) is 3.95. The molecule has 16 heteroatoms. The van der Waals surface area contributed by atoms with E-state index >= 15 is 0 Å². The molecule has 3 rings (SSSR count). The molecule has 4 N–H and O–H groups in total. The molecule has 1 fully saturated rings. The molecule has 1 aromatic heterocycles. The Morgan fingerprint density at radius 1 is 1.24 bits per heavy atom. The molecule has 3 atom stereocenters. The standard InChI is InChI=1S/C21H24ClF5N4O3S.CH2O2/c1-31(7-8-32)17-9-12(21(25,26)27)5-6-15(17)28-16-11-14(23)18(10-13(16)22)35(33,34)30-20-4-2-3-19(24)29-20;2-1-3/h2-4,10-12,15,17,28,32H,5-9H2,1H3,(H,29,30);1H,(H,2,3)/t12-,15-,17-;/m0./s1. The van der Waals surface area contributed by atoms with Crippen LogP contribution in [-0.4, -0.2) is 73.4 Å². The normalized spacial score (nSPS) is 19.9. The number of carbonyl (C=O) groups is 1. The van der Waals surface area contributed by atoms with Crippen molar-refractivity contribution in [3.8, 4) is 0 Å². The zero-order chi connectivity index (χ0) is 28.7. The number of aliphatic hydroxyl groups is 1. The topological polar surface area (TPSA) is 132 Å². The smallest absolute Gasteiger partial charge is 0.391 e. The Balaban J connectivity index is 0.00000161. The van der Waals surface area contributed by atoms with Gasteiger partial charge in [-0.15, -0.1) is 0 Å². The molecule has 0 saturated heterocycles. The second-order valence-electron chi connectivity index (χ2n) is 8.39. The minimum atomic E-state index is -4.52. The van der Waals surface area contributed by atoms with Crippen LogP contribution in [0.1, 0.15) is 19.3 Å². The summed E-state index contributed by atoms with van der Waals surface area (Å²) in [6, 6.07) is 3.88. The number of rotatable bonds is 8. The zero-order valence-corrected chi connectivity index (χ0v) is 21.5. The minimum absolute atomic E-state index is 0.00449. The van der Waals surface area contributed by atoms with Crippen molar-refractivity contribution in [1.82, 2.24) is 9.88 Å². The number of likely N-dealkylation sites (N-methyl/N-ethyl adjacent to an activating group) is 1. The summed E-state index contributed by atoms with van der Waals surface area (Å²) < 4.78 is 95.2. The number of alkyl halides is 3. The van der Waals surface area contributed by atoms with Crippen LogP contribution < -0.4 is 10.0 Å². The van der Waals surface area contributed by atoms with Crippen molar-refractivity contribution < 1.29 is 45.4 Å². The van der Waals surface area contributed by atoms with E-state index in [2.05, 4.69) is 10.3 Å². The number of nitrogens with one attached hydrogen (secondary N) is 2. The molecular formula is C22H26ClF5N4O5S. The number of anilines is 2. The Morgan fingerprint density at radius 3 is 2.47 bits per heavy atom. The predicted molar refractivity (Wildman–Crippen MR) is 129 cm³/mol. The van der Waals surface area contributed by atoms with E-state index in [0.29, 0.717) is 0 Å². The molecule has 0 amide bonds. The lowest BCUT2D eigenvalue weighted by Crippen LogP contribution is -2.51. The van der Waals surface area contributed by atoms with Crippen molar-refractivity contribution in [2.24, 2.45) is 5.92 Å². The van der Waals surface area contributed by atoms with E-state index < -0.39 is 50.9 Å². The van der Waals surface area contributed by atoms with Crippen LogP contribution in [0.25, 0.3) is 0 Å². The molecule has 0 unspecified atom stereocenters. The fourth-order valence-corrected chi connectivity index (χ4v) is 5.50. The maximum absolute atomic E-state index is 14.9. The molecule has 1 aliphatic carbocycles. The summed E-state index contributed by atoms with van der Waals surface area (Å²) in [5, 5.41) is 18.9. The first-order chi connectivity index (χ1) is 17.7. The van der Waals surface area contributed by atoms with Crippen LogP contribution >= 0.6 is 11.6 Å². The van der Waals surface area contributed by atoms with Gasteiger partial charge in [0.15, 0.2) is 0 Å². The van der Waals surface area contributed by atoms with Crippen LogP contribution in [0.3, 0.4) is 0 Å². The van der Waals surface area contributed by atoms with Gasteiger partial charge >= 0.3 is 6.18 Å². The molecular weight excluding hydrogens is 563 g/mol. The van der Waals surface area contributed by atoms with Crippen LogP contribution in [-0.2, 0) is 14.8 Å².